The van der Waals surface area contributed by atoms with Gasteiger partial charge in [-0.15, -0.1) is 0 Å². The maximum atomic E-state index is 12.7. The summed E-state index contributed by atoms with van der Waals surface area (Å²) in [5.41, 5.74) is 0.0788. The van der Waals surface area contributed by atoms with Gasteiger partial charge in [-0.3, -0.25) is 14.5 Å². The quantitative estimate of drug-likeness (QED) is 0.639. The first-order chi connectivity index (χ1) is 10.1. The lowest BCUT2D eigenvalue weighted by Crippen LogP contribution is -2.44. The summed E-state index contributed by atoms with van der Waals surface area (Å²) in [7, 11) is 0. The minimum atomic E-state index is -0.0111. The lowest BCUT2D eigenvalue weighted by atomic mass is 9.75. The Hall–Kier alpha value is -0.510. The number of imide groups is 1. The van der Waals surface area contributed by atoms with Crippen molar-refractivity contribution in [1.29, 1.82) is 0 Å². The molecule has 0 N–H and O–H groups in total. The Kier molecular flexibility index (Phi) is 4.35. The maximum Gasteiger partial charge on any atom is 0.233 e. The number of thiol groups is 1. The van der Waals surface area contributed by atoms with Crippen LogP contribution in [0.15, 0.2) is 0 Å². The average molecular weight is 309 g/mol. The van der Waals surface area contributed by atoms with Gasteiger partial charge in [0.15, 0.2) is 0 Å². The Morgan fingerprint density at radius 3 is 2.14 bits per heavy atom. The Balaban J connectivity index is 1.72. The van der Waals surface area contributed by atoms with Crippen molar-refractivity contribution in [2.75, 3.05) is 12.3 Å². The van der Waals surface area contributed by atoms with E-state index in [0.717, 1.165) is 37.9 Å². The van der Waals surface area contributed by atoms with Gasteiger partial charge in [0.2, 0.25) is 11.8 Å². The average Bonchev–Trinajstić information content (AvgIpc) is 3.04. The van der Waals surface area contributed by atoms with Gasteiger partial charge < -0.3 is 0 Å². The molecule has 4 heteroatoms. The van der Waals surface area contributed by atoms with E-state index in [2.05, 4.69) is 19.6 Å². The maximum absolute atomic E-state index is 12.7. The molecule has 2 saturated carbocycles. The van der Waals surface area contributed by atoms with Crippen LogP contribution in [-0.4, -0.2) is 29.0 Å². The number of fused-ring (bicyclic) bond motifs is 1. The van der Waals surface area contributed by atoms with Crippen molar-refractivity contribution in [3.05, 3.63) is 0 Å². The molecule has 0 bridgehead atoms. The monoisotopic (exact) mass is 309 g/mol. The topological polar surface area (TPSA) is 37.4 Å². The lowest BCUT2D eigenvalue weighted by molar-refractivity contribution is -0.142. The molecule has 118 valence electrons. The second-order valence-electron chi connectivity index (χ2n) is 7.44. The van der Waals surface area contributed by atoms with Crippen LogP contribution >= 0.6 is 12.6 Å². The van der Waals surface area contributed by atoms with Crippen LogP contribution in [-0.2, 0) is 9.59 Å². The number of hydrogen-bond acceptors (Lipinski definition) is 3. The molecule has 3 rings (SSSR count). The van der Waals surface area contributed by atoms with Gasteiger partial charge in [-0.2, -0.15) is 12.6 Å². The zero-order chi connectivity index (χ0) is 15.0. The molecule has 3 nitrogen and oxygen atoms in total. The number of amides is 2. The molecule has 1 aliphatic heterocycles. The highest BCUT2D eigenvalue weighted by atomic mass is 32.1. The van der Waals surface area contributed by atoms with Crippen molar-refractivity contribution in [1.82, 2.24) is 4.90 Å². The molecule has 0 aromatic rings. The second kappa shape index (κ2) is 5.94. The van der Waals surface area contributed by atoms with Gasteiger partial charge in [0.1, 0.15) is 0 Å². The fourth-order valence-electron chi connectivity index (χ4n) is 4.69. The Morgan fingerprint density at radius 1 is 1.10 bits per heavy atom. The molecule has 0 aromatic carbocycles. The molecular weight excluding hydrogens is 282 g/mol. The first-order valence-electron chi connectivity index (χ1n) is 8.56. The molecular formula is C17H27NO2S. The van der Waals surface area contributed by atoms with E-state index in [1.807, 2.05) is 0 Å². The van der Waals surface area contributed by atoms with Crippen molar-refractivity contribution in [2.24, 2.45) is 23.2 Å². The molecule has 2 unspecified atom stereocenters. The van der Waals surface area contributed by atoms with Gasteiger partial charge in [0.05, 0.1) is 11.8 Å². The largest absolute Gasteiger partial charge is 0.282 e. The first-order valence-corrected chi connectivity index (χ1v) is 9.19. The zero-order valence-electron chi connectivity index (χ0n) is 13.0. The van der Waals surface area contributed by atoms with Crippen molar-refractivity contribution in [3.63, 3.8) is 0 Å². The van der Waals surface area contributed by atoms with Crippen LogP contribution in [0.3, 0.4) is 0 Å². The molecule has 21 heavy (non-hydrogen) atoms. The highest BCUT2D eigenvalue weighted by Gasteiger charge is 2.53. The highest BCUT2D eigenvalue weighted by molar-refractivity contribution is 7.80. The first kappa shape index (κ1) is 15.4. The van der Waals surface area contributed by atoms with Crippen LogP contribution in [0.4, 0.5) is 0 Å². The number of carbonyl (C=O) groups is 2. The molecule has 3 fully saturated rings. The molecule has 2 atom stereocenters. The van der Waals surface area contributed by atoms with E-state index in [-0.39, 0.29) is 29.1 Å². The summed E-state index contributed by atoms with van der Waals surface area (Å²) in [4.78, 5) is 27.0. The van der Waals surface area contributed by atoms with E-state index >= 15 is 0 Å². The minimum Gasteiger partial charge on any atom is -0.282 e. The third-order valence-electron chi connectivity index (χ3n) is 6.15. The van der Waals surface area contributed by atoms with Crippen LogP contribution in [0.5, 0.6) is 0 Å². The van der Waals surface area contributed by atoms with Crippen LogP contribution in [0, 0.1) is 23.2 Å². The summed E-state index contributed by atoms with van der Waals surface area (Å²) in [6.07, 6.45) is 8.87. The minimum absolute atomic E-state index is 0.0111. The van der Waals surface area contributed by atoms with E-state index in [4.69, 9.17) is 0 Å². The molecule has 0 radical (unpaired) electrons. The predicted molar refractivity (Wildman–Crippen MR) is 86.1 cm³/mol. The Morgan fingerprint density at radius 2 is 1.67 bits per heavy atom. The van der Waals surface area contributed by atoms with Gasteiger partial charge in [-0.05, 0) is 42.8 Å². The standard InChI is InChI=1S/C17H27NO2S/c1-2-12-8-13-14(9-12)16(20)18(15(13)19)10-17(11-21)6-4-3-5-7-17/h12-14,21H,2-11H2,1H3. The van der Waals surface area contributed by atoms with Crippen molar-refractivity contribution in [2.45, 2.75) is 58.3 Å². The van der Waals surface area contributed by atoms with Crippen LogP contribution in [0.25, 0.3) is 0 Å². The van der Waals surface area contributed by atoms with Crippen LogP contribution in [0.1, 0.15) is 58.3 Å². The van der Waals surface area contributed by atoms with Crippen LogP contribution in [0.2, 0.25) is 0 Å². The van der Waals surface area contributed by atoms with E-state index in [9.17, 15) is 9.59 Å². The fourth-order valence-corrected chi connectivity index (χ4v) is 5.11. The van der Waals surface area contributed by atoms with Crippen molar-refractivity contribution < 1.29 is 9.59 Å². The second-order valence-corrected chi connectivity index (χ2v) is 7.76. The molecule has 3 aliphatic rings. The summed E-state index contributed by atoms with van der Waals surface area (Å²) in [5.74, 6) is 1.58. The number of hydrogen-bond donors (Lipinski definition) is 1. The van der Waals surface area contributed by atoms with E-state index in [1.54, 1.807) is 4.90 Å². The normalized spacial score (nSPS) is 35.3. The number of carbonyl (C=O) groups excluding carboxylic acids is 2. The Bertz CT molecular complexity index is 407. The Labute approximate surface area is 133 Å². The van der Waals surface area contributed by atoms with E-state index < -0.39 is 0 Å². The molecule has 2 aliphatic carbocycles. The number of rotatable bonds is 4. The van der Waals surface area contributed by atoms with Crippen LogP contribution < -0.4 is 0 Å². The number of nitrogens with zero attached hydrogens (tertiary/aromatic N) is 1. The summed E-state index contributed by atoms with van der Waals surface area (Å²) < 4.78 is 0. The van der Waals surface area contributed by atoms with Crippen molar-refractivity contribution in [3.8, 4) is 0 Å². The van der Waals surface area contributed by atoms with Gasteiger partial charge in [0, 0.05) is 6.54 Å². The predicted octanol–water partition coefficient (Wildman–Crippen LogP) is 3.29. The van der Waals surface area contributed by atoms with Gasteiger partial charge in [-0.1, -0.05) is 32.6 Å². The summed E-state index contributed by atoms with van der Waals surface area (Å²) in [6.45, 7) is 2.79. The molecule has 2 amide bonds. The smallest absolute Gasteiger partial charge is 0.233 e. The number of likely N-dealkylation sites (tertiary alicyclic amines) is 1. The third kappa shape index (κ3) is 2.64. The van der Waals surface area contributed by atoms with Gasteiger partial charge in [-0.25, -0.2) is 0 Å². The summed E-state index contributed by atoms with van der Waals surface area (Å²) in [5, 5.41) is 0. The van der Waals surface area contributed by atoms with Gasteiger partial charge >= 0.3 is 0 Å². The zero-order valence-corrected chi connectivity index (χ0v) is 13.9. The van der Waals surface area contributed by atoms with Gasteiger partial charge in [0.25, 0.3) is 0 Å². The SMILES string of the molecule is CCC1CC2C(=O)N(CC3(CS)CCCCC3)C(=O)C2C1. The lowest BCUT2D eigenvalue weighted by Gasteiger charge is -2.38. The summed E-state index contributed by atoms with van der Waals surface area (Å²) in [6, 6.07) is 0. The van der Waals surface area contributed by atoms with E-state index in [1.165, 1.54) is 19.3 Å². The summed E-state index contributed by atoms with van der Waals surface area (Å²) >= 11 is 4.54. The van der Waals surface area contributed by atoms with Crippen molar-refractivity contribution >= 4 is 24.4 Å². The molecule has 0 aromatic heterocycles. The highest BCUT2D eigenvalue weighted by Crippen LogP contribution is 2.46. The molecule has 1 saturated heterocycles. The third-order valence-corrected chi connectivity index (χ3v) is 6.82. The fraction of sp³-hybridized carbons (Fsp3) is 0.882. The van der Waals surface area contributed by atoms with E-state index in [0.29, 0.717) is 12.5 Å². The molecule has 0 spiro atoms. The molecule has 1 heterocycles.